The van der Waals surface area contributed by atoms with Gasteiger partial charge in [0.2, 0.25) is 10.0 Å². The van der Waals surface area contributed by atoms with Gasteiger partial charge >= 0.3 is 0 Å². The van der Waals surface area contributed by atoms with Gasteiger partial charge in [-0.3, -0.25) is 4.79 Å². The van der Waals surface area contributed by atoms with Gasteiger partial charge in [-0.2, -0.15) is 5.26 Å². The summed E-state index contributed by atoms with van der Waals surface area (Å²) in [4.78, 5) is 12.8. The number of carbonyl (C=O) groups is 1. The predicted molar refractivity (Wildman–Crippen MR) is 102 cm³/mol. The smallest absolute Gasteiger partial charge is 0.272 e. The number of aliphatic hydroxyl groups excluding tert-OH is 1. The molecule has 0 saturated heterocycles. The number of carbonyl (C=O) groups excluding carboxylic acids is 1. The number of nitriles is 1. The van der Waals surface area contributed by atoms with Crippen LogP contribution in [0.4, 0.5) is 10.1 Å². The number of rotatable bonds is 3. The van der Waals surface area contributed by atoms with Gasteiger partial charge in [0.15, 0.2) is 0 Å². The monoisotopic (exact) mass is 416 g/mol. The van der Waals surface area contributed by atoms with Gasteiger partial charge in [0.1, 0.15) is 28.6 Å². The summed E-state index contributed by atoms with van der Waals surface area (Å²) < 4.78 is 42.6. The van der Waals surface area contributed by atoms with Crippen LogP contribution in [0, 0.1) is 29.5 Å². The van der Waals surface area contributed by atoms with Gasteiger partial charge in [-0.25, -0.2) is 17.5 Å². The number of halogens is 1. The minimum Gasteiger partial charge on any atom is -0.379 e. The van der Waals surface area contributed by atoms with E-state index in [4.69, 9.17) is 11.7 Å². The van der Waals surface area contributed by atoms with Crippen LogP contribution in [0.25, 0.3) is 0 Å². The Morgan fingerprint density at radius 1 is 1.52 bits per heavy atom. The number of terminal acetylenes is 1. The molecular formula is C19H17FN4O4S. The van der Waals surface area contributed by atoms with E-state index in [-0.39, 0.29) is 40.2 Å². The van der Waals surface area contributed by atoms with Crippen molar-refractivity contribution < 1.29 is 22.7 Å². The van der Waals surface area contributed by atoms with E-state index in [0.717, 1.165) is 6.07 Å². The minimum absolute atomic E-state index is 0.0753. The summed E-state index contributed by atoms with van der Waals surface area (Å²) in [6.45, 7) is 0. The maximum absolute atomic E-state index is 13.5. The Balaban J connectivity index is 1.97. The molecule has 0 saturated carbocycles. The van der Waals surface area contributed by atoms with E-state index < -0.39 is 33.9 Å². The van der Waals surface area contributed by atoms with E-state index in [1.54, 1.807) is 6.07 Å². The molecule has 0 aliphatic carbocycles. The predicted octanol–water partition coefficient (Wildman–Crippen LogP) is 0.875. The molecule has 150 valence electrons. The third-order valence-electron chi connectivity index (χ3n) is 4.66. The summed E-state index contributed by atoms with van der Waals surface area (Å²) in [6.07, 6.45) is 5.57. The van der Waals surface area contributed by atoms with Crippen LogP contribution in [0.2, 0.25) is 0 Å². The SMILES string of the molecule is C#C[C@H](O)C1CCc2c(cn(C)c2C(=O)Nc2ccc(F)c(C#N)c2)S(=O)(=O)N1. The molecule has 0 fully saturated rings. The number of amides is 1. The lowest BCUT2D eigenvalue weighted by molar-refractivity contribution is 0.101. The highest BCUT2D eigenvalue weighted by atomic mass is 32.2. The molecule has 0 bridgehead atoms. The first-order valence-electron chi connectivity index (χ1n) is 8.53. The molecule has 2 atom stereocenters. The average Bonchev–Trinajstić information content (AvgIpc) is 2.96. The normalized spacial score (nSPS) is 18.6. The molecule has 1 aromatic heterocycles. The molecule has 0 radical (unpaired) electrons. The quantitative estimate of drug-likeness (QED) is 0.641. The Hall–Kier alpha value is -3.18. The molecule has 10 heteroatoms. The van der Waals surface area contributed by atoms with Crippen molar-refractivity contribution in [1.82, 2.24) is 9.29 Å². The summed E-state index contributed by atoms with van der Waals surface area (Å²) in [5.74, 6) is 0.773. The Morgan fingerprint density at radius 3 is 2.90 bits per heavy atom. The molecule has 1 unspecified atom stereocenters. The van der Waals surface area contributed by atoms with E-state index in [2.05, 4.69) is 16.0 Å². The van der Waals surface area contributed by atoms with Crippen LogP contribution in [-0.4, -0.2) is 36.1 Å². The molecule has 1 amide bonds. The van der Waals surface area contributed by atoms with Crippen molar-refractivity contribution in [3.05, 3.63) is 47.0 Å². The van der Waals surface area contributed by atoms with Crippen molar-refractivity contribution in [2.24, 2.45) is 7.05 Å². The lowest BCUT2D eigenvalue weighted by Gasteiger charge is -2.17. The van der Waals surface area contributed by atoms with E-state index in [1.165, 1.54) is 29.9 Å². The maximum Gasteiger partial charge on any atom is 0.272 e. The zero-order chi connectivity index (χ0) is 21.3. The van der Waals surface area contributed by atoms with Crippen LogP contribution in [0.5, 0.6) is 0 Å². The molecule has 2 aromatic rings. The lowest BCUT2D eigenvalue weighted by atomic mass is 10.0. The molecule has 1 aliphatic heterocycles. The zero-order valence-corrected chi connectivity index (χ0v) is 16.1. The van der Waals surface area contributed by atoms with Gasteiger partial charge in [-0.1, -0.05) is 5.92 Å². The fourth-order valence-electron chi connectivity index (χ4n) is 3.26. The fourth-order valence-corrected chi connectivity index (χ4v) is 4.85. The van der Waals surface area contributed by atoms with Crippen molar-refractivity contribution in [3.63, 3.8) is 0 Å². The number of nitrogens with one attached hydrogen (secondary N) is 2. The molecule has 1 aliphatic rings. The van der Waals surface area contributed by atoms with Gasteiger partial charge < -0.3 is 15.0 Å². The van der Waals surface area contributed by atoms with E-state index in [0.29, 0.717) is 0 Å². The fraction of sp³-hybridized carbons (Fsp3) is 0.263. The van der Waals surface area contributed by atoms with E-state index >= 15 is 0 Å². The first kappa shape index (κ1) is 20.6. The maximum atomic E-state index is 13.5. The second-order valence-corrected chi connectivity index (χ2v) is 8.25. The topological polar surface area (TPSA) is 124 Å². The largest absolute Gasteiger partial charge is 0.379 e. The highest BCUT2D eigenvalue weighted by Gasteiger charge is 2.34. The number of benzene rings is 1. The average molecular weight is 416 g/mol. The molecule has 3 rings (SSSR count). The number of fused-ring (bicyclic) bond motifs is 1. The Kier molecular flexibility index (Phi) is 5.44. The summed E-state index contributed by atoms with van der Waals surface area (Å²) in [6, 6.07) is 4.35. The third-order valence-corrected chi connectivity index (χ3v) is 6.20. The third kappa shape index (κ3) is 3.87. The number of sulfonamides is 1. The van der Waals surface area contributed by atoms with E-state index in [9.17, 15) is 22.7 Å². The summed E-state index contributed by atoms with van der Waals surface area (Å²) >= 11 is 0. The van der Waals surface area contributed by atoms with Crippen molar-refractivity contribution in [3.8, 4) is 18.4 Å². The number of aryl methyl sites for hydroxylation is 1. The molecule has 8 nitrogen and oxygen atoms in total. The van der Waals surface area contributed by atoms with Crippen LogP contribution in [0.1, 0.15) is 28.0 Å². The van der Waals surface area contributed by atoms with Crippen LogP contribution in [0.3, 0.4) is 0 Å². The Bertz CT molecular complexity index is 1170. The summed E-state index contributed by atoms with van der Waals surface area (Å²) in [7, 11) is -2.48. The van der Waals surface area contributed by atoms with Crippen LogP contribution >= 0.6 is 0 Å². The standard InChI is InChI=1S/C19H17FN4O4S/c1-3-16(25)15-7-5-13-17(29(27,28)23-15)10-24(2)18(13)19(26)22-12-4-6-14(20)11(8-12)9-21/h1,4,6,8,10,15-16,23,25H,5,7H2,2H3,(H,22,26)/t15?,16-/m0/s1. The van der Waals surface area contributed by atoms with Crippen molar-refractivity contribution in [2.75, 3.05) is 5.32 Å². The molecular weight excluding hydrogens is 399 g/mol. The number of nitrogens with zero attached hydrogens (tertiary/aromatic N) is 2. The number of anilines is 1. The number of aliphatic hydroxyl groups is 1. The second-order valence-electron chi connectivity index (χ2n) is 6.57. The number of hydrogen-bond acceptors (Lipinski definition) is 5. The zero-order valence-electron chi connectivity index (χ0n) is 15.3. The van der Waals surface area contributed by atoms with Crippen molar-refractivity contribution in [1.29, 1.82) is 5.26 Å². The van der Waals surface area contributed by atoms with Crippen molar-refractivity contribution >= 4 is 21.6 Å². The summed E-state index contributed by atoms with van der Waals surface area (Å²) in [5, 5.41) is 21.3. The molecule has 3 N–H and O–H groups in total. The van der Waals surface area contributed by atoms with Gasteiger partial charge in [0.05, 0.1) is 11.6 Å². The van der Waals surface area contributed by atoms with E-state index in [1.807, 2.05) is 0 Å². The minimum atomic E-state index is -4.01. The first-order valence-corrected chi connectivity index (χ1v) is 10.0. The van der Waals surface area contributed by atoms with Gasteiger partial charge in [-0.15, -0.1) is 6.42 Å². The van der Waals surface area contributed by atoms with Crippen LogP contribution in [0.15, 0.2) is 29.3 Å². The highest BCUT2D eigenvalue weighted by Crippen LogP contribution is 2.28. The van der Waals surface area contributed by atoms with Gasteiger partial charge in [0.25, 0.3) is 5.91 Å². The lowest BCUT2D eigenvalue weighted by Crippen LogP contribution is -2.41. The first-order chi connectivity index (χ1) is 13.7. The van der Waals surface area contributed by atoms with Crippen molar-refractivity contribution in [2.45, 2.75) is 29.9 Å². The molecule has 0 spiro atoms. The van der Waals surface area contributed by atoms with Gasteiger partial charge in [-0.05, 0) is 31.0 Å². The summed E-state index contributed by atoms with van der Waals surface area (Å²) in [5.41, 5.74) is 0.348. The second kappa shape index (κ2) is 7.68. The van der Waals surface area contributed by atoms with Crippen LogP contribution in [-0.2, 0) is 23.5 Å². The molecule has 2 heterocycles. The number of hydrogen-bond donors (Lipinski definition) is 3. The Morgan fingerprint density at radius 2 is 2.24 bits per heavy atom. The molecule has 1 aromatic carbocycles. The number of aromatic nitrogens is 1. The molecule has 29 heavy (non-hydrogen) atoms. The highest BCUT2D eigenvalue weighted by molar-refractivity contribution is 7.89. The van der Waals surface area contributed by atoms with Gasteiger partial charge in [0, 0.05) is 24.5 Å². The van der Waals surface area contributed by atoms with Crippen LogP contribution < -0.4 is 10.0 Å². The Labute approximate surface area is 167 Å².